The number of likely N-dealkylation sites (tertiary alicyclic amines) is 1. The molecule has 0 saturated carbocycles. The molecule has 5 aromatic carbocycles. The van der Waals surface area contributed by atoms with Crippen LogP contribution in [0.25, 0.3) is 21.8 Å². The molecule has 0 radical (unpaired) electrons. The topological polar surface area (TPSA) is 91.2 Å². The van der Waals surface area contributed by atoms with E-state index in [0.29, 0.717) is 18.9 Å². The molecule has 0 bridgehead atoms. The molecule has 7 heteroatoms. The van der Waals surface area contributed by atoms with Gasteiger partial charge in [-0.2, -0.15) is 0 Å². The molecule has 3 N–H and O–H groups in total. The van der Waals surface area contributed by atoms with Crippen molar-refractivity contribution in [3.63, 3.8) is 0 Å². The number of hydrogen-bond donors (Lipinski definition) is 2. The van der Waals surface area contributed by atoms with Crippen LogP contribution < -0.4 is 10.6 Å². The largest absolute Gasteiger partial charge is 0.384 e. The molecule has 1 aliphatic rings. The number of carbonyl (C=O) groups is 1. The number of nitrogens with one attached hydrogen (secondary N) is 1. The number of amides is 1. The highest BCUT2D eigenvalue weighted by Crippen LogP contribution is 2.29. The number of nitrogens with two attached hydrogens (primary N) is 1. The van der Waals surface area contributed by atoms with Crippen LogP contribution in [0.1, 0.15) is 53.8 Å². The Balaban J connectivity index is 1.08. The molecular formula is C43H46N6O. The fourth-order valence-corrected chi connectivity index (χ4v) is 7.40. The zero-order valence-corrected chi connectivity index (χ0v) is 28.9. The van der Waals surface area contributed by atoms with Crippen LogP contribution in [0.15, 0.2) is 115 Å². The van der Waals surface area contributed by atoms with Crippen molar-refractivity contribution in [3.8, 4) is 0 Å². The third-order valence-electron chi connectivity index (χ3n) is 10.4. The number of aryl methyl sites for hydroxylation is 3. The van der Waals surface area contributed by atoms with Crippen molar-refractivity contribution in [3.05, 3.63) is 143 Å². The number of hydrogen-bond acceptors (Lipinski definition) is 4. The van der Waals surface area contributed by atoms with Crippen LogP contribution in [0.4, 0.5) is 5.69 Å². The predicted molar refractivity (Wildman–Crippen MR) is 204 cm³/mol. The first kappa shape index (κ1) is 33.2. The molecule has 50 heavy (non-hydrogen) atoms. The quantitative estimate of drug-likeness (QED) is 0.103. The van der Waals surface area contributed by atoms with Crippen LogP contribution >= 0.6 is 0 Å². The average Bonchev–Trinajstić information content (AvgIpc) is 3.47. The van der Waals surface area contributed by atoms with Crippen LogP contribution in [0.5, 0.6) is 0 Å². The van der Waals surface area contributed by atoms with Gasteiger partial charge in [-0.3, -0.25) is 15.1 Å². The zero-order chi connectivity index (χ0) is 34.5. The first-order valence-corrected chi connectivity index (χ1v) is 17.8. The first-order chi connectivity index (χ1) is 24.4. The van der Waals surface area contributed by atoms with Gasteiger partial charge in [0.05, 0.1) is 17.6 Å². The van der Waals surface area contributed by atoms with Gasteiger partial charge in [0.25, 0.3) is 0 Å². The van der Waals surface area contributed by atoms with E-state index in [4.69, 9.17) is 16.1 Å². The highest BCUT2D eigenvalue weighted by Gasteiger charge is 2.24. The number of amidine groups is 1. The van der Waals surface area contributed by atoms with E-state index < -0.39 is 0 Å². The molecule has 7 nitrogen and oxygen atoms in total. The maximum absolute atomic E-state index is 14.2. The van der Waals surface area contributed by atoms with Gasteiger partial charge in [0.15, 0.2) is 0 Å². The number of rotatable bonds is 12. The highest BCUT2D eigenvalue weighted by atomic mass is 16.2. The summed E-state index contributed by atoms with van der Waals surface area (Å²) in [5, 5.41) is 10.0. The minimum Gasteiger partial charge on any atom is -0.384 e. The Morgan fingerprint density at radius 1 is 0.860 bits per heavy atom. The summed E-state index contributed by atoms with van der Waals surface area (Å²) in [6.45, 7) is 3.67. The van der Waals surface area contributed by atoms with Gasteiger partial charge in [0, 0.05) is 37.7 Å². The number of benzene rings is 5. The van der Waals surface area contributed by atoms with Crippen molar-refractivity contribution in [2.75, 3.05) is 18.0 Å². The number of imidazole rings is 1. The van der Waals surface area contributed by atoms with Crippen LogP contribution in [-0.4, -0.2) is 39.3 Å². The summed E-state index contributed by atoms with van der Waals surface area (Å²) >= 11 is 0. The Morgan fingerprint density at radius 3 is 2.38 bits per heavy atom. The van der Waals surface area contributed by atoms with Gasteiger partial charge < -0.3 is 15.2 Å². The fraction of sp³-hybridized carbons (Fsp3) is 0.279. The van der Waals surface area contributed by atoms with E-state index in [-0.39, 0.29) is 11.7 Å². The van der Waals surface area contributed by atoms with Crippen LogP contribution in [0.3, 0.4) is 0 Å². The van der Waals surface area contributed by atoms with Crippen LogP contribution in [0.2, 0.25) is 0 Å². The molecule has 2 heterocycles. The molecular weight excluding hydrogens is 617 g/mol. The molecule has 1 aliphatic heterocycles. The van der Waals surface area contributed by atoms with Crippen molar-refractivity contribution >= 4 is 39.2 Å². The van der Waals surface area contributed by atoms with Crippen LogP contribution in [-0.2, 0) is 37.8 Å². The minimum absolute atomic E-state index is 0.0792. The molecule has 0 atom stereocenters. The first-order valence-electron chi connectivity index (χ1n) is 17.8. The zero-order valence-electron chi connectivity index (χ0n) is 28.9. The summed E-state index contributed by atoms with van der Waals surface area (Å²) in [6, 6.07) is 39.6. The third kappa shape index (κ3) is 7.63. The summed E-state index contributed by atoms with van der Waals surface area (Å²) in [7, 11) is 2.06. The Bertz CT molecular complexity index is 2090. The summed E-state index contributed by atoms with van der Waals surface area (Å²) in [4.78, 5) is 23.8. The number of nitrogen functional groups attached to an aromatic ring is 1. The lowest BCUT2D eigenvalue weighted by Gasteiger charge is -2.32. The number of aromatic nitrogens is 2. The van der Waals surface area contributed by atoms with Gasteiger partial charge in [-0.25, -0.2) is 4.98 Å². The molecule has 0 spiro atoms. The summed E-state index contributed by atoms with van der Waals surface area (Å²) in [5.41, 5.74) is 12.9. The van der Waals surface area contributed by atoms with E-state index >= 15 is 0 Å². The maximum Gasteiger partial charge on any atom is 0.227 e. The van der Waals surface area contributed by atoms with E-state index in [1.165, 1.54) is 21.9 Å². The summed E-state index contributed by atoms with van der Waals surface area (Å²) in [6.07, 6.45) is 5.32. The molecule has 6 aromatic rings. The molecule has 7 rings (SSSR count). The van der Waals surface area contributed by atoms with E-state index in [1.54, 1.807) is 0 Å². The Kier molecular flexibility index (Phi) is 10.0. The maximum atomic E-state index is 14.2. The van der Waals surface area contributed by atoms with Crippen molar-refractivity contribution in [2.45, 2.75) is 51.6 Å². The highest BCUT2D eigenvalue weighted by molar-refractivity contribution is 5.97. The SMILES string of the molecule is Cn1c(CCc2ccc(C(=N)N)cc2)nc2cc(N(Cc3cccc4ccccc34)C(=O)CCC3CCN(Cc4ccccc4)CC3)ccc21. The summed E-state index contributed by atoms with van der Waals surface area (Å²) in [5.74, 6) is 1.80. The van der Waals surface area contributed by atoms with Gasteiger partial charge in [-0.1, -0.05) is 97.1 Å². The van der Waals surface area contributed by atoms with Gasteiger partial charge in [0.2, 0.25) is 5.91 Å². The van der Waals surface area contributed by atoms with Gasteiger partial charge in [0.1, 0.15) is 11.7 Å². The molecule has 0 unspecified atom stereocenters. The standard InChI is InChI=1S/C43H46N6O/c1-47-40-21-20-37(28-39(40)46-41(47)22-16-31-14-18-35(19-15-31)43(44)45)49(30-36-12-7-11-34-10-5-6-13-38(34)36)42(50)23-17-32-24-26-48(27-25-32)29-33-8-3-2-4-9-33/h2-15,18-21,28,32H,16-17,22-27,29-30H2,1H3,(H3,44,45). The van der Waals surface area contributed by atoms with Crippen molar-refractivity contribution in [1.82, 2.24) is 14.5 Å². The van der Waals surface area contributed by atoms with Crippen molar-refractivity contribution in [2.24, 2.45) is 18.7 Å². The lowest BCUT2D eigenvalue weighted by atomic mass is 9.91. The Morgan fingerprint density at radius 2 is 1.60 bits per heavy atom. The molecule has 1 aromatic heterocycles. The monoisotopic (exact) mass is 662 g/mol. The smallest absolute Gasteiger partial charge is 0.227 e. The Hall–Kier alpha value is -5.27. The van der Waals surface area contributed by atoms with E-state index in [0.717, 1.165) is 85.4 Å². The second-order valence-electron chi connectivity index (χ2n) is 13.7. The lowest BCUT2D eigenvalue weighted by molar-refractivity contribution is -0.119. The fourth-order valence-electron chi connectivity index (χ4n) is 7.40. The van der Waals surface area contributed by atoms with E-state index in [9.17, 15) is 4.79 Å². The predicted octanol–water partition coefficient (Wildman–Crippen LogP) is 8.02. The van der Waals surface area contributed by atoms with E-state index in [2.05, 4.69) is 108 Å². The lowest BCUT2D eigenvalue weighted by Crippen LogP contribution is -2.34. The van der Waals surface area contributed by atoms with Gasteiger partial charge >= 0.3 is 0 Å². The number of anilines is 1. The molecule has 1 saturated heterocycles. The number of carbonyl (C=O) groups excluding carboxylic acids is 1. The minimum atomic E-state index is 0.0792. The summed E-state index contributed by atoms with van der Waals surface area (Å²) < 4.78 is 2.16. The van der Waals surface area contributed by atoms with Gasteiger partial charge in [-0.15, -0.1) is 0 Å². The Labute approximate surface area is 294 Å². The second-order valence-corrected chi connectivity index (χ2v) is 13.7. The van der Waals surface area contributed by atoms with Crippen LogP contribution in [0, 0.1) is 11.3 Å². The van der Waals surface area contributed by atoms with Crippen molar-refractivity contribution < 1.29 is 4.79 Å². The number of nitrogens with zero attached hydrogens (tertiary/aromatic N) is 4. The molecule has 1 fully saturated rings. The van der Waals surface area contributed by atoms with Gasteiger partial charge in [-0.05, 0) is 90.4 Å². The normalized spacial score (nSPS) is 13.9. The van der Waals surface area contributed by atoms with Crippen molar-refractivity contribution in [1.29, 1.82) is 5.41 Å². The molecule has 254 valence electrons. The second kappa shape index (κ2) is 15.1. The average molecular weight is 663 g/mol. The third-order valence-corrected chi connectivity index (χ3v) is 10.4. The number of piperidine rings is 1. The van der Waals surface area contributed by atoms with E-state index in [1.807, 2.05) is 29.2 Å². The molecule has 0 aliphatic carbocycles. The number of fused-ring (bicyclic) bond motifs is 2. The molecule has 1 amide bonds.